The highest BCUT2D eigenvalue weighted by molar-refractivity contribution is 6.31. The maximum Gasteiger partial charge on any atom is 0.127 e. The Labute approximate surface area is 131 Å². The fourth-order valence-corrected chi connectivity index (χ4v) is 3.11. The van der Waals surface area contributed by atoms with E-state index in [4.69, 9.17) is 16.3 Å². The summed E-state index contributed by atoms with van der Waals surface area (Å²) in [7, 11) is 1.98. The Bertz CT molecular complexity index is 654. The van der Waals surface area contributed by atoms with Gasteiger partial charge in [0.25, 0.3) is 0 Å². The van der Waals surface area contributed by atoms with Crippen molar-refractivity contribution < 1.29 is 4.74 Å². The zero-order chi connectivity index (χ0) is 14.8. The summed E-state index contributed by atoms with van der Waals surface area (Å²) in [5.41, 5.74) is 4.82. The standard InChI is InChI=1S/C18H20ClNO/c1-12-11-14(8-9-16(12)19)17(20-2)15-7-3-5-13-6-4-10-21-18(13)15/h3,5,7-9,11,17,20H,4,6,10H2,1-2H3. The predicted molar refractivity (Wildman–Crippen MR) is 87.3 cm³/mol. The third-order valence-corrected chi connectivity index (χ3v) is 4.50. The fourth-order valence-electron chi connectivity index (χ4n) is 2.99. The smallest absolute Gasteiger partial charge is 0.127 e. The normalized spacial score (nSPS) is 15.2. The van der Waals surface area contributed by atoms with Crippen LogP contribution >= 0.6 is 11.6 Å². The van der Waals surface area contributed by atoms with Crippen molar-refractivity contribution in [2.24, 2.45) is 0 Å². The van der Waals surface area contributed by atoms with Crippen LogP contribution in [0.3, 0.4) is 0 Å². The van der Waals surface area contributed by atoms with Crippen molar-refractivity contribution >= 4 is 11.6 Å². The van der Waals surface area contributed by atoms with Crippen molar-refractivity contribution in [2.75, 3.05) is 13.7 Å². The number of nitrogens with one attached hydrogen (secondary N) is 1. The van der Waals surface area contributed by atoms with Gasteiger partial charge in [0.15, 0.2) is 0 Å². The summed E-state index contributed by atoms with van der Waals surface area (Å²) in [6, 6.07) is 12.7. The van der Waals surface area contributed by atoms with Gasteiger partial charge < -0.3 is 10.1 Å². The van der Waals surface area contributed by atoms with Gasteiger partial charge in [-0.15, -0.1) is 0 Å². The molecule has 1 aliphatic heterocycles. The maximum atomic E-state index is 6.14. The molecule has 0 saturated heterocycles. The first-order valence-electron chi connectivity index (χ1n) is 7.38. The van der Waals surface area contributed by atoms with Crippen LogP contribution in [0.25, 0.3) is 0 Å². The average molecular weight is 302 g/mol. The van der Waals surface area contributed by atoms with Crippen LogP contribution in [0.5, 0.6) is 5.75 Å². The highest BCUT2D eigenvalue weighted by atomic mass is 35.5. The van der Waals surface area contributed by atoms with E-state index in [2.05, 4.69) is 35.6 Å². The molecule has 1 atom stereocenters. The third-order valence-electron chi connectivity index (χ3n) is 4.08. The molecule has 2 nitrogen and oxygen atoms in total. The van der Waals surface area contributed by atoms with Gasteiger partial charge in [-0.1, -0.05) is 41.9 Å². The van der Waals surface area contributed by atoms with Crippen LogP contribution in [-0.2, 0) is 6.42 Å². The van der Waals surface area contributed by atoms with Gasteiger partial charge in [-0.05, 0) is 49.6 Å². The third kappa shape index (κ3) is 2.78. The summed E-state index contributed by atoms with van der Waals surface area (Å²) < 4.78 is 5.95. The summed E-state index contributed by atoms with van der Waals surface area (Å²) in [4.78, 5) is 0. The number of hydrogen-bond donors (Lipinski definition) is 1. The van der Waals surface area contributed by atoms with E-state index in [1.165, 1.54) is 16.7 Å². The molecule has 0 radical (unpaired) electrons. The summed E-state index contributed by atoms with van der Waals surface area (Å²) >= 11 is 6.14. The van der Waals surface area contributed by atoms with E-state index in [1.54, 1.807) is 0 Å². The molecule has 2 aromatic rings. The SMILES string of the molecule is CNC(c1ccc(Cl)c(C)c1)c1cccc2c1OCCC2. The number of para-hydroxylation sites is 1. The zero-order valence-electron chi connectivity index (χ0n) is 12.4. The second-order valence-electron chi connectivity index (χ2n) is 5.52. The molecule has 1 heterocycles. The minimum atomic E-state index is 0.119. The molecule has 0 spiro atoms. The Balaban J connectivity index is 2.06. The summed E-state index contributed by atoms with van der Waals surface area (Å²) in [6.07, 6.45) is 2.19. The van der Waals surface area contributed by atoms with Crippen molar-refractivity contribution in [1.29, 1.82) is 0 Å². The second kappa shape index (κ2) is 6.08. The van der Waals surface area contributed by atoms with Crippen LogP contribution in [0.2, 0.25) is 5.02 Å². The van der Waals surface area contributed by atoms with E-state index < -0.39 is 0 Å². The number of benzene rings is 2. The van der Waals surface area contributed by atoms with Gasteiger partial charge in [0.1, 0.15) is 5.75 Å². The van der Waals surface area contributed by atoms with Crippen LogP contribution in [0.1, 0.15) is 34.7 Å². The van der Waals surface area contributed by atoms with Gasteiger partial charge in [0.05, 0.1) is 12.6 Å². The molecular formula is C18H20ClNO. The van der Waals surface area contributed by atoms with E-state index >= 15 is 0 Å². The Hall–Kier alpha value is -1.51. The van der Waals surface area contributed by atoms with Gasteiger partial charge >= 0.3 is 0 Å². The molecule has 110 valence electrons. The molecule has 0 aliphatic carbocycles. The summed E-state index contributed by atoms with van der Waals surface area (Å²) in [6.45, 7) is 2.84. The van der Waals surface area contributed by atoms with Gasteiger partial charge in [-0.3, -0.25) is 0 Å². The Morgan fingerprint density at radius 3 is 2.86 bits per heavy atom. The summed E-state index contributed by atoms with van der Waals surface area (Å²) in [5.74, 6) is 1.05. The molecule has 3 heteroatoms. The highest BCUT2D eigenvalue weighted by Gasteiger charge is 2.21. The lowest BCUT2D eigenvalue weighted by Gasteiger charge is -2.25. The van der Waals surface area contributed by atoms with E-state index in [0.717, 1.165) is 35.8 Å². The number of halogens is 1. The van der Waals surface area contributed by atoms with Gasteiger partial charge in [0, 0.05) is 10.6 Å². The largest absolute Gasteiger partial charge is 0.493 e. The lowest BCUT2D eigenvalue weighted by Crippen LogP contribution is -2.21. The van der Waals surface area contributed by atoms with E-state index in [9.17, 15) is 0 Å². The molecule has 0 bridgehead atoms. The number of rotatable bonds is 3. The fraction of sp³-hybridized carbons (Fsp3) is 0.333. The molecule has 0 saturated carbocycles. The van der Waals surface area contributed by atoms with Crippen molar-refractivity contribution in [3.63, 3.8) is 0 Å². The number of aryl methyl sites for hydroxylation is 2. The number of fused-ring (bicyclic) bond motifs is 1. The lowest BCUT2D eigenvalue weighted by molar-refractivity contribution is 0.283. The topological polar surface area (TPSA) is 21.3 Å². The molecule has 1 N–H and O–H groups in total. The van der Waals surface area contributed by atoms with Crippen LogP contribution in [-0.4, -0.2) is 13.7 Å². The van der Waals surface area contributed by atoms with Crippen molar-refractivity contribution in [3.8, 4) is 5.75 Å². The molecule has 0 fully saturated rings. The first kappa shape index (κ1) is 14.4. The molecule has 0 amide bonds. The Kier molecular flexibility index (Phi) is 4.18. The van der Waals surface area contributed by atoms with E-state index in [1.807, 2.05) is 20.0 Å². The van der Waals surface area contributed by atoms with Crippen molar-refractivity contribution in [2.45, 2.75) is 25.8 Å². The monoisotopic (exact) mass is 301 g/mol. The van der Waals surface area contributed by atoms with E-state index in [-0.39, 0.29) is 6.04 Å². The van der Waals surface area contributed by atoms with Crippen molar-refractivity contribution in [1.82, 2.24) is 5.32 Å². The Morgan fingerprint density at radius 1 is 1.24 bits per heavy atom. The van der Waals surface area contributed by atoms with Gasteiger partial charge in [0.2, 0.25) is 0 Å². The minimum absolute atomic E-state index is 0.119. The van der Waals surface area contributed by atoms with Crippen LogP contribution in [0, 0.1) is 6.92 Å². The lowest BCUT2D eigenvalue weighted by atomic mass is 9.93. The number of hydrogen-bond acceptors (Lipinski definition) is 2. The van der Waals surface area contributed by atoms with Crippen LogP contribution in [0.15, 0.2) is 36.4 Å². The zero-order valence-corrected chi connectivity index (χ0v) is 13.2. The van der Waals surface area contributed by atoms with E-state index in [0.29, 0.717) is 0 Å². The number of ether oxygens (including phenoxy) is 1. The van der Waals surface area contributed by atoms with Gasteiger partial charge in [-0.2, -0.15) is 0 Å². The summed E-state index contributed by atoms with van der Waals surface area (Å²) in [5, 5.41) is 4.21. The predicted octanol–water partition coefficient (Wildman–Crippen LogP) is 4.28. The average Bonchev–Trinajstić information content (AvgIpc) is 2.52. The quantitative estimate of drug-likeness (QED) is 0.913. The molecule has 0 aromatic heterocycles. The molecular weight excluding hydrogens is 282 g/mol. The molecule has 2 aromatic carbocycles. The Morgan fingerprint density at radius 2 is 2.10 bits per heavy atom. The minimum Gasteiger partial charge on any atom is -0.493 e. The van der Waals surface area contributed by atoms with Crippen LogP contribution in [0.4, 0.5) is 0 Å². The molecule has 1 aliphatic rings. The first-order valence-corrected chi connectivity index (χ1v) is 7.76. The molecule has 3 rings (SSSR count). The van der Waals surface area contributed by atoms with Crippen LogP contribution < -0.4 is 10.1 Å². The second-order valence-corrected chi connectivity index (χ2v) is 5.93. The molecule has 21 heavy (non-hydrogen) atoms. The van der Waals surface area contributed by atoms with Gasteiger partial charge in [-0.25, -0.2) is 0 Å². The van der Waals surface area contributed by atoms with Crippen molar-refractivity contribution in [3.05, 3.63) is 63.7 Å². The first-order chi connectivity index (χ1) is 10.2. The maximum absolute atomic E-state index is 6.14. The highest BCUT2D eigenvalue weighted by Crippen LogP contribution is 2.36. The molecule has 1 unspecified atom stereocenters.